The number of rotatable bonds is 5. The summed E-state index contributed by atoms with van der Waals surface area (Å²) >= 11 is 0. The first-order chi connectivity index (χ1) is 12.3. The number of carbonyl (C=O) groups is 1. The maximum Gasteiger partial charge on any atom is 0.416 e. The van der Waals surface area contributed by atoms with E-state index in [2.05, 4.69) is 4.98 Å². The van der Waals surface area contributed by atoms with Gasteiger partial charge in [-0.25, -0.2) is 9.78 Å². The van der Waals surface area contributed by atoms with Gasteiger partial charge in [0.2, 0.25) is 0 Å². The zero-order chi connectivity index (χ0) is 18.7. The molecule has 0 atom stereocenters. The molecule has 0 saturated carbocycles. The van der Waals surface area contributed by atoms with E-state index in [0.29, 0.717) is 12.4 Å². The molecule has 7 heteroatoms. The lowest BCUT2D eigenvalue weighted by molar-refractivity contribution is -0.138. The van der Waals surface area contributed by atoms with E-state index < -0.39 is 17.7 Å². The number of aromatic carboxylic acids is 1. The summed E-state index contributed by atoms with van der Waals surface area (Å²) in [5.74, 6) is -0.556. The lowest BCUT2D eigenvalue weighted by Crippen LogP contribution is -2.12. The van der Waals surface area contributed by atoms with Crippen molar-refractivity contribution in [3.05, 3.63) is 89.0 Å². The lowest BCUT2D eigenvalue weighted by atomic mass is 10.0. The van der Waals surface area contributed by atoms with Crippen molar-refractivity contribution in [2.45, 2.75) is 19.1 Å². The van der Waals surface area contributed by atoms with Crippen LogP contribution in [0.5, 0.6) is 0 Å². The first kappa shape index (κ1) is 17.7. The van der Waals surface area contributed by atoms with Crippen LogP contribution >= 0.6 is 0 Å². The fourth-order valence-electron chi connectivity index (χ4n) is 2.77. The van der Waals surface area contributed by atoms with Crippen LogP contribution in [0, 0.1) is 0 Å². The summed E-state index contributed by atoms with van der Waals surface area (Å²) in [7, 11) is 0. The molecule has 26 heavy (non-hydrogen) atoms. The molecule has 3 aromatic rings. The summed E-state index contributed by atoms with van der Waals surface area (Å²) in [5, 5.41) is 9.07. The number of aromatic nitrogens is 2. The largest absolute Gasteiger partial charge is 0.478 e. The Hall–Kier alpha value is -3.09. The van der Waals surface area contributed by atoms with Crippen LogP contribution < -0.4 is 0 Å². The van der Waals surface area contributed by atoms with Gasteiger partial charge < -0.3 is 9.67 Å². The van der Waals surface area contributed by atoms with Crippen molar-refractivity contribution in [2.24, 2.45) is 0 Å². The SMILES string of the molecule is O=C(O)c1cccc(Cn2ccnc2Cc2ccccc2C(F)(F)F)c1. The Morgan fingerprint density at radius 2 is 1.88 bits per heavy atom. The van der Waals surface area contributed by atoms with Crippen LogP contribution in [0.4, 0.5) is 13.2 Å². The predicted molar refractivity (Wildman–Crippen MR) is 89.0 cm³/mol. The van der Waals surface area contributed by atoms with E-state index in [1.54, 1.807) is 29.0 Å². The van der Waals surface area contributed by atoms with Gasteiger partial charge in [0.15, 0.2) is 0 Å². The second-order valence-electron chi connectivity index (χ2n) is 5.81. The highest BCUT2D eigenvalue weighted by Crippen LogP contribution is 2.32. The molecule has 3 rings (SSSR count). The van der Waals surface area contributed by atoms with Gasteiger partial charge in [-0.15, -0.1) is 0 Å². The van der Waals surface area contributed by atoms with E-state index in [1.165, 1.54) is 30.5 Å². The van der Waals surface area contributed by atoms with Crippen LogP contribution in [0.25, 0.3) is 0 Å². The zero-order valence-electron chi connectivity index (χ0n) is 13.6. The fourth-order valence-corrected chi connectivity index (χ4v) is 2.77. The number of alkyl halides is 3. The average Bonchev–Trinajstić information content (AvgIpc) is 3.01. The Bertz CT molecular complexity index is 932. The van der Waals surface area contributed by atoms with Gasteiger partial charge in [-0.05, 0) is 29.3 Å². The van der Waals surface area contributed by atoms with Gasteiger partial charge >= 0.3 is 12.1 Å². The Labute approximate surface area is 147 Å². The molecule has 0 aliphatic carbocycles. The monoisotopic (exact) mass is 360 g/mol. The molecule has 134 valence electrons. The predicted octanol–water partition coefficient (Wildman–Crippen LogP) is 4.24. The molecule has 0 fully saturated rings. The highest BCUT2D eigenvalue weighted by atomic mass is 19.4. The summed E-state index contributed by atoms with van der Waals surface area (Å²) in [4.78, 5) is 15.2. The van der Waals surface area contributed by atoms with Gasteiger partial charge in [0.25, 0.3) is 0 Å². The minimum Gasteiger partial charge on any atom is -0.478 e. The normalized spacial score (nSPS) is 11.5. The van der Waals surface area contributed by atoms with Crippen LogP contribution in [0.15, 0.2) is 60.9 Å². The second-order valence-corrected chi connectivity index (χ2v) is 5.81. The Morgan fingerprint density at radius 3 is 2.62 bits per heavy atom. The molecule has 0 aliphatic rings. The van der Waals surface area contributed by atoms with Gasteiger partial charge in [0.05, 0.1) is 11.1 Å². The van der Waals surface area contributed by atoms with Crippen molar-refractivity contribution in [1.29, 1.82) is 0 Å². The third-order valence-corrected chi connectivity index (χ3v) is 4.00. The van der Waals surface area contributed by atoms with Crippen LogP contribution in [-0.4, -0.2) is 20.6 Å². The summed E-state index contributed by atoms with van der Waals surface area (Å²) in [6, 6.07) is 11.8. The van der Waals surface area contributed by atoms with Crippen LogP contribution in [0.1, 0.15) is 32.9 Å². The zero-order valence-corrected chi connectivity index (χ0v) is 13.6. The third-order valence-electron chi connectivity index (χ3n) is 4.00. The first-order valence-electron chi connectivity index (χ1n) is 7.82. The number of halogens is 3. The smallest absolute Gasteiger partial charge is 0.416 e. The number of hydrogen-bond donors (Lipinski definition) is 1. The highest BCUT2D eigenvalue weighted by molar-refractivity contribution is 5.87. The van der Waals surface area contributed by atoms with Gasteiger partial charge in [-0.2, -0.15) is 13.2 Å². The minimum absolute atomic E-state index is 0.0291. The summed E-state index contributed by atoms with van der Waals surface area (Å²) in [5.41, 5.74) is 0.356. The van der Waals surface area contributed by atoms with Crippen LogP contribution in [0.2, 0.25) is 0 Å². The van der Waals surface area contributed by atoms with Crippen molar-refractivity contribution in [2.75, 3.05) is 0 Å². The van der Waals surface area contributed by atoms with Crippen LogP contribution in [0.3, 0.4) is 0 Å². The molecule has 1 N–H and O–H groups in total. The second kappa shape index (κ2) is 7.03. The quantitative estimate of drug-likeness (QED) is 0.740. The van der Waals surface area contributed by atoms with Gasteiger partial charge in [-0.1, -0.05) is 30.3 Å². The van der Waals surface area contributed by atoms with E-state index in [9.17, 15) is 18.0 Å². The number of hydrogen-bond acceptors (Lipinski definition) is 2. The molecule has 0 amide bonds. The van der Waals surface area contributed by atoms with Crippen molar-refractivity contribution in [3.8, 4) is 0 Å². The number of carboxylic acids is 1. The number of benzene rings is 2. The molecule has 4 nitrogen and oxygen atoms in total. The molecule has 0 spiro atoms. The van der Waals surface area contributed by atoms with E-state index in [-0.39, 0.29) is 17.5 Å². The Balaban J connectivity index is 1.87. The molecular formula is C19H15F3N2O2. The fraction of sp³-hybridized carbons (Fsp3) is 0.158. The summed E-state index contributed by atoms with van der Waals surface area (Å²) < 4.78 is 41.2. The summed E-state index contributed by atoms with van der Waals surface area (Å²) in [6.45, 7) is 0.324. The Morgan fingerprint density at radius 1 is 1.12 bits per heavy atom. The maximum atomic E-state index is 13.2. The van der Waals surface area contributed by atoms with E-state index in [0.717, 1.165) is 11.6 Å². The molecule has 1 heterocycles. The molecular weight excluding hydrogens is 345 g/mol. The van der Waals surface area contributed by atoms with E-state index in [4.69, 9.17) is 5.11 Å². The molecule has 0 radical (unpaired) electrons. The molecule has 0 saturated heterocycles. The Kier molecular flexibility index (Phi) is 4.79. The molecule has 2 aromatic carbocycles. The van der Waals surface area contributed by atoms with E-state index in [1.807, 2.05) is 0 Å². The van der Waals surface area contributed by atoms with Gasteiger partial charge in [-0.3, -0.25) is 0 Å². The standard InChI is InChI=1S/C19H15F3N2O2/c20-19(21,22)16-7-2-1-5-14(16)11-17-23-8-9-24(17)12-13-4-3-6-15(10-13)18(25)26/h1-10H,11-12H2,(H,25,26). The number of imidazole rings is 1. The summed E-state index contributed by atoms with van der Waals surface area (Å²) in [6.07, 6.45) is -1.21. The number of nitrogens with zero attached hydrogens (tertiary/aromatic N) is 2. The van der Waals surface area contributed by atoms with E-state index >= 15 is 0 Å². The lowest BCUT2D eigenvalue weighted by Gasteiger charge is -2.13. The average molecular weight is 360 g/mol. The van der Waals surface area contributed by atoms with Crippen molar-refractivity contribution < 1.29 is 23.1 Å². The van der Waals surface area contributed by atoms with Crippen molar-refractivity contribution in [1.82, 2.24) is 9.55 Å². The molecule has 1 aromatic heterocycles. The highest BCUT2D eigenvalue weighted by Gasteiger charge is 2.33. The first-order valence-corrected chi connectivity index (χ1v) is 7.82. The third kappa shape index (κ3) is 3.93. The van der Waals surface area contributed by atoms with Crippen LogP contribution in [-0.2, 0) is 19.1 Å². The molecule has 0 aliphatic heterocycles. The van der Waals surface area contributed by atoms with Gasteiger partial charge in [0, 0.05) is 25.4 Å². The number of carboxylic acid groups (broad SMARTS) is 1. The van der Waals surface area contributed by atoms with Crippen molar-refractivity contribution >= 4 is 5.97 Å². The van der Waals surface area contributed by atoms with Gasteiger partial charge in [0.1, 0.15) is 5.82 Å². The minimum atomic E-state index is -4.43. The maximum absolute atomic E-state index is 13.2. The topological polar surface area (TPSA) is 55.1 Å². The van der Waals surface area contributed by atoms with Crippen molar-refractivity contribution in [3.63, 3.8) is 0 Å². The molecule has 0 unspecified atom stereocenters. The molecule has 0 bridgehead atoms.